The van der Waals surface area contributed by atoms with Crippen LogP contribution in [0.1, 0.15) is 19.3 Å². The van der Waals surface area contributed by atoms with Crippen LogP contribution in [0.25, 0.3) is 5.69 Å². The summed E-state index contributed by atoms with van der Waals surface area (Å²) in [5.41, 5.74) is 0.827. The highest BCUT2D eigenvalue weighted by Crippen LogP contribution is 2.33. The highest BCUT2D eigenvalue weighted by molar-refractivity contribution is 7.99. The highest BCUT2D eigenvalue weighted by Gasteiger charge is 2.42. The zero-order valence-corrected chi connectivity index (χ0v) is 15.7. The van der Waals surface area contributed by atoms with Gasteiger partial charge in [-0.3, -0.25) is 4.79 Å². The van der Waals surface area contributed by atoms with E-state index in [-0.39, 0.29) is 35.2 Å². The Morgan fingerprint density at radius 3 is 2.62 bits per heavy atom. The van der Waals surface area contributed by atoms with Gasteiger partial charge >= 0.3 is 0 Å². The Labute approximate surface area is 155 Å². The van der Waals surface area contributed by atoms with Gasteiger partial charge in [0.05, 0.1) is 22.9 Å². The topological polar surface area (TPSA) is 98.1 Å². The standard InChI is InChI=1S/C16H19N5O3S2/c22-15(20(12-6-7-12)14-8-9-26(23,24)11-14)10-25-16-17-18-19-21(16)13-4-2-1-3-5-13/h1-5,12,14H,6-11H2/t14-/m1/s1. The first-order valence-electron chi connectivity index (χ1n) is 8.52. The van der Waals surface area contributed by atoms with E-state index in [9.17, 15) is 13.2 Å². The molecule has 0 bridgehead atoms. The Bertz CT molecular complexity index is 896. The number of tetrazole rings is 1. The van der Waals surface area contributed by atoms with E-state index >= 15 is 0 Å². The highest BCUT2D eigenvalue weighted by atomic mass is 32.2. The predicted molar refractivity (Wildman–Crippen MR) is 96.8 cm³/mol. The van der Waals surface area contributed by atoms with Crippen LogP contribution in [0.2, 0.25) is 0 Å². The lowest BCUT2D eigenvalue weighted by atomic mass is 10.2. The fourth-order valence-electron chi connectivity index (χ4n) is 3.25. The third-order valence-electron chi connectivity index (χ3n) is 4.60. The smallest absolute Gasteiger partial charge is 0.233 e. The lowest BCUT2D eigenvalue weighted by Gasteiger charge is -2.28. The van der Waals surface area contributed by atoms with E-state index in [0.29, 0.717) is 11.6 Å². The molecule has 1 atom stereocenters. The molecule has 0 radical (unpaired) electrons. The average molecular weight is 393 g/mol. The lowest BCUT2D eigenvalue weighted by Crippen LogP contribution is -2.43. The maximum atomic E-state index is 12.8. The van der Waals surface area contributed by atoms with E-state index in [1.165, 1.54) is 11.8 Å². The van der Waals surface area contributed by atoms with Crippen LogP contribution in [0.15, 0.2) is 35.5 Å². The summed E-state index contributed by atoms with van der Waals surface area (Å²) in [5, 5.41) is 12.2. The monoisotopic (exact) mass is 393 g/mol. The number of aromatic nitrogens is 4. The molecule has 2 aromatic rings. The number of benzene rings is 1. The molecule has 0 unspecified atom stereocenters. The van der Waals surface area contributed by atoms with Gasteiger partial charge in [-0.05, 0) is 41.8 Å². The molecule has 10 heteroatoms. The maximum absolute atomic E-state index is 12.8. The maximum Gasteiger partial charge on any atom is 0.233 e. The van der Waals surface area contributed by atoms with Crippen molar-refractivity contribution in [1.29, 1.82) is 0 Å². The predicted octanol–water partition coefficient (Wildman–Crippen LogP) is 0.933. The summed E-state index contributed by atoms with van der Waals surface area (Å²) in [5.74, 6) is 0.414. The lowest BCUT2D eigenvalue weighted by molar-refractivity contribution is -0.130. The van der Waals surface area contributed by atoms with Crippen LogP contribution in [-0.2, 0) is 14.6 Å². The van der Waals surface area contributed by atoms with E-state index in [2.05, 4.69) is 15.5 Å². The largest absolute Gasteiger partial charge is 0.335 e. The molecule has 1 aliphatic carbocycles. The number of sulfone groups is 1. The Balaban J connectivity index is 1.45. The zero-order chi connectivity index (χ0) is 18.1. The van der Waals surface area contributed by atoms with Crippen molar-refractivity contribution in [3.63, 3.8) is 0 Å². The van der Waals surface area contributed by atoms with Crippen LogP contribution in [0.3, 0.4) is 0 Å². The van der Waals surface area contributed by atoms with Gasteiger partial charge in [-0.2, -0.15) is 4.68 Å². The molecule has 4 rings (SSSR count). The number of carbonyl (C=O) groups excluding carboxylic acids is 1. The van der Waals surface area contributed by atoms with Gasteiger partial charge in [0.15, 0.2) is 9.84 Å². The van der Waals surface area contributed by atoms with E-state index in [4.69, 9.17) is 0 Å². The molecule has 1 aromatic carbocycles. The number of para-hydroxylation sites is 1. The van der Waals surface area contributed by atoms with Crippen molar-refractivity contribution in [2.75, 3.05) is 17.3 Å². The first-order chi connectivity index (χ1) is 12.5. The van der Waals surface area contributed by atoms with Gasteiger partial charge in [-0.15, -0.1) is 5.10 Å². The number of hydrogen-bond acceptors (Lipinski definition) is 7. The molecule has 1 aromatic heterocycles. The van der Waals surface area contributed by atoms with Gasteiger partial charge in [0.1, 0.15) is 0 Å². The van der Waals surface area contributed by atoms with Crippen molar-refractivity contribution in [2.45, 2.75) is 36.5 Å². The van der Waals surface area contributed by atoms with E-state index in [1.807, 2.05) is 30.3 Å². The van der Waals surface area contributed by atoms with Crippen molar-refractivity contribution in [3.05, 3.63) is 30.3 Å². The van der Waals surface area contributed by atoms with Crippen molar-refractivity contribution < 1.29 is 13.2 Å². The Hall–Kier alpha value is -1.94. The quantitative estimate of drug-likeness (QED) is 0.673. The first-order valence-corrected chi connectivity index (χ1v) is 11.3. The van der Waals surface area contributed by atoms with Gasteiger partial charge < -0.3 is 4.90 Å². The number of hydrogen-bond donors (Lipinski definition) is 0. The minimum atomic E-state index is -3.02. The summed E-state index contributed by atoms with van der Waals surface area (Å²) < 4.78 is 25.2. The Kier molecular flexibility index (Phi) is 4.70. The third-order valence-corrected chi connectivity index (χ3v) is 7.25. The summed E-state index contributed by atoms with van der Waals surface area (Å²) in [4.78, 5) is 14.6. The molecule has 1 saturated carbocycles. The van der Waals surface area contributed by atoms with Gasteiger partial charge in [0.2, 0.25) is 11.1 Å². The average Bonchev–Trinajstić information content (AvgIpc) is 3.22. The molecular formula is C16H19N5O3S2. The molecule has 1 aliphatic heterocycles. The Morgan fingerprint density at radius 2 is 1.96 bits per heavy atom. The van der Waals surface area contributed by atoms with Gasteiger partial charge in [-0.25, -0.2) is 8.42 Å². The minimum Gasteiger partial charge on any atom is -0.335 e. The number of carbonyl (C=O) groups is 1. The minimum absolute atomic E-state index is 0.0396. The molecule has 1 amide bonds. The molecule has 0 spiro atoms. The molecule has 1 saturated heterocycles. The van der Waals surface area contributed by atoms with E-state index in [1.54, 1.807) is 9.58 Å². The van der Waals surface area contributed by atoms with Crippen molar-refractivity contribution in [1.82, 2.24) is 25.1 Å². The van der Waals surface area contributed by atoms with Gasteiger partial charge in [0, 0.05) is 12.1 Å². The number of amides is 1. The summed E-state index contributed by atoms with van der Waals surface area (Å²) in [6, 6.07) is 9.48. The Morgan fingerprint density at radius 1 is 1.19 bits per heavy atom. The van der Waals surface area contributed by atoms with Crippen molar-refractivity contribution in [3.8, 4) is 5.69 Å². The van der Waals surface area contributed by atoms with Gasteiger partial charge in [-0.1, -0.05) is 30.0 Å². The second-order valence-corrected chi connectivity index (χ2v) is 9.76. The van der Waals surface area contributed by atoms with E-state index < -0.39 is 9.84 Å². The summed E-state index contributed by atoms with van der Waals surface area (Å²) in [6.07, 6.45) is 2.44. The number of thioether (sulfide) groups is 1. The zero-order valence-electron chi connectivity index (χ0n) is 14.1. The second-order valence-electron chi connectivity index (χ2n) is 6.59. The summed E-state index contributed by atoms with van der Waals surface area (Å²) in [6.45, 7) is 0. The van der Waals surface area contributed by atoms with Gasteiger partial charge in [0.25, 0.3) is 0 Å². The first kappa shape index (κ1) is 17.5. The van der Waals surface area contributed by atoms with Crippen LogP contribution in [-0.4, -0.2) is 68.8 Å². The van der Waals surface area contributed by atoms with Crippen LogP contribution in [0, 0.1) is 0 Å². The molecule has 2 heterocycles. The normalized spacial score (nSPS) is 21.6. The molecule has 2 fully saturated rings. The molecule has 138 valence electrons. The fourth-order valence-corrected chi connectivity index (χ4v) is 5.73. The molecule has 8 nitrogen and oxygen atoms in total. The second kappa shape index (κ2) is 6.99. The number of rotatable bonds is 6. The van der Waals surface area contributed by atoms with Crippen molar-refractivity contribution >= 4 is 27.5 Å². The fraction of sp³-hybridized carbons (Fsp3) is 0.500. The third kappa shape index (κ3) is 3.75. The van der Waals surface area contributed by atoms with Crippen LogP contribution >= 0.6 is 11.8 Å². The van der Waals surface area contributed by atoms with E-state index in [0.717, 1.165) is 18.5 Å². The van der Waals surface area contributed by atoms with Crippen LogP contribution in [0.4, 0.5) is 0 Å². The summed E-state index contributed by atoms with van der Waals surface area (Å²) >= 11 is 1.28. The van der Waals surface area contributed by atoms with Crippen molar-refractivity contribution in [2.24, 2.45) is 0 Å². The SMILES string of the molecule is O=C(CSc1nnnn1-c1ccccc1)N(C1CC1)[C@@H]1CCS(=O)(=O)C1. The molecule has 0 N–H and O–H groups in total. The number of nitrogens with zero attached hydrogens (tertiary/aromatic N) is 5. The van der Waals surface area contributed by atoms with Crippen LogP contribution < -0.4 is 0 Å². The molecule has 2 aliphatic rings. The molecule has 26 heavy (non-hydrogen) atoms. The summed E-state index contributed by atoms with van der Waals surface area (Å²) in [7, 11) is -3.02. The molecular weight excluding hydrogens is 374 g/mol. The van der Waals surface area contributed by atoms with Crippen LogP contribution in [0.5, 0.6) is 0 Å².